The summed E-state index contributed by atoms with van der Waals surface area (Å²) < 4.78 is 2.00. The number of carbonyl (C=O) groups is 1. The molecule has 5 rings (SSSR count). The van der Waals surface area contributed by atoms with Crippen molar-refractivity contribution in [2.45, 2.75) is 44.7 Å². The van der Waals surface area contributed by atoms with Crippen LogP contribution in [0.5, 0.6) is 0 Å². The summed E-state index contributed by atoms with van der Waals surface area (Å²) in [6.07, 6.45) is 4.44. The van der Waals surface area contributed by atoms with Crippen LogP contribution in [0, 0.1) is 0 Å². The number of nitrogens with one attached hydrogen (secondary N) is 1. The van der Waals surface area contributed by atoms with E-state index < -0.39 is 0 Å². The van der Waals surface area contributed by atoms with Crippen LogP contribution in [0.4, 0.5) is 0 Å². The second-order valence-corrected chi connectivity index (χ2v) is 8.85. The van der Waals surface area contributed by atoms with Crippen molar-refractivity contribution in [1.82, 2.24) is 15.1 Å². The average Bonchev–Trinajstić information content (AvgIpc) is 3.17. The van der Waals surface area contributed by atoms with E-state index in [-0.39, 0.29) is 11.9 Å². The molecule has 0 radical (unpaired) electrons. The molecule has 1 aliphatic carbocycles. The Bertz CT molecular complexity index is 1250. The summed E-state index contributed by atoms with van der Waals surface area (Å²) in [5.74, 6) is 0.106. The van der Waals surface area contributed by atoms with E-state index in [0.29, 0.717) is 18.0 Å². The first-order chi connectivity index (χ1) is 15.7. The molecule has 4 aromatic rings. The van der Waals surface area contributed by atoms with Gasteiger partial charge in [0.1, 0.15) is 5.69 Å². The molecule has 32 heavy (non-hydrogen) atoms. The van der Waals surface area contributed by atoms with E-state index in [2.05, 4.69) is 41.7 Å². The van der Waals surface area contributed by atoms with E-state index in [1.165, 1.54) is 11.1 Å². The third-order valence-corrected chi connectivity index (χ3v) is 6.47. The Morgan fingerprint density at radius 3 is 2.75 bits per heavy atom. The van der Waals surface area contributed by atoms with Gasteiger partial charge >= 0.3 is 0 Å². The standard InChI is InChI=1S/C27H26ClN3O/c28-21-15-16-25-23(18-21)27(20-9-2-1-3-10-20)30-31(25)17-7-14-26(32)29-24-13-6-11-19-8-4-5-12-22(19)24/h1-5,8-10,12,15-16,18,24H,6-7,11,13-14,17H2,(H,29,32)/t24-/m1/s1. The minimum absolute atomic E-state index is 0.106. The molecule has 1 amide bonds. The number of halogens is 1. The van der Waals surface area contributed by atoms with Crippen molar-refractivity contribution in [3.05, 3.63) is 88.9 Å². The van der Waals surface area contributed by atoms with E-state index in [4.69, 9.17) is 16.7 Å². The zero-order valence-electron chi connectivity index (χ0n) is 17.9. The Morgan fingerprint density at radius 2 is 1.88 bits per heavy atom. The maximum absolute atomic E-state index is 12.7. The van der Waals surface area contributed by atoms with E-state index in [9.17, 15) is 4.79 Å². The van der Waals surface area contributed by atoms with Gasteiger partial charge in [0.25, 0.3) is 0 Å². The second kappa shape index (κ2) is 9.17. The predicted molar refractivity (Wildman–Crippen MR) is 130 cm³/mol. The smallest absolute Gasteiger partial charge is 0.220 e. The highest BCUT2D eigenvalue weighted by atomic mass is 35.5. The molecule has 1 aromatic heterocycles. The molecule has 162 valence electrons. The number of hydrogen-bond acceptors (Lipinski definition) is 2. The largest absolute Gasteiger partial charge is 0.349 e. The highest BCUT2D eigenvalue weighted by Gasteiger charge is 2.21. The first-order valence-corrected chi connectivity index (χ1v) is 11.7. The van der Waals surface area contributed by atoms with Gasteiger partial charge in [-0.05, 0) is 55.0 Å². The summed E-state index contributed by atoms with van der Waals surface area (Å²) in [4.78, 5) is 12.7. The second-order valence-electron chi connectivity index (χ2n) is 8.41. The molecule has 0 aliphatic heterocycles. The normalized spacial score (nSPS) is 15.5. The lowest BCUT2D eigenvalue weighted by atomic mass is 9.87. The molecule has 4 nitrogen and oxygen atoms in total. The fourth-order valence-corrected chi connectivity index (χ4v) is 4.86. The summed E-state index contributed by atoms with van der Waals surface area (Å²) in [5.41, 5.74) is 5.65. The number of benzene rings is 3. The van der Waals surface area contributed by atoms with Gasteiger partial charge in [-0.3, -0.25) is 9.48 Å². The van der Waals surface area contributed by atoms with Crippen LogP contribution >= 0.6 is 11.6 Å². The van der Waals surface area contributed by atoms with Crippen molar-refractivity contribution in [2.75, 3.05) is 0 Å². The van der Waals surface area contributed by atoms with Crippen molar-refractivity contribution in [1.29, 1.82) is 0 Å². The summed E-state index contributed by atoms with van der Waals surface area (Å²) in [6, 6.07) is 24.6. The van der Waals surface area contributed by atoms with Gasteiger partial charge in [0.2, 0.25) is 5.91 Å². The third kappa shape index (κ3) is 4.28. The fourth-order valence-electron chi connectivity index (χ4n) is 4.69. The number of fused-ring (bicyclic) bond motifs is 2. The van der Waals surface area contributed by atoms with Crippen LogP contribution in [0.2, 0.25) is 5.02 Å². The minimum atomic E-state index is 0.106. The average molecular weight is 444 g/mol. The maximum atomic E-state index is 12.7. The van der Waals surface area contributed by atoms with Crippen molar-refractivity contribution >= 4 is 28.4 Å². The molecule has 0 saturated heterocycles. The Morgan fingerprint density at radius 1 is 1.06 bits per heavy atom. The molecule has 0 unspecified atom stereocenters. The number of nitrogens with zero attached hydrogens (tertiary/aromatic N) is 2. The van der Waals surface area contributed by atoms with Gasteiger partial charge in [0, 0.05) is 28.9 Å². The number of amides is 1. The summed E-state index contributed by atoms with van der Waals surface area (Å²) >= 11 is 6.27. The summed E-state index contributed by atoms with van der Waals surface area (Å²) in [5, 5.41) is 9.85. The van der Waals surface area contributed by atoms with E-state index in [0.717, 1.165) is 47.8 Å². The van der Waals surface area contributed by atoms with Gasteiger partial charge < -0.3 is 5.32 Å². The Labute approximate surface area is 193 Å². The third-order valence-electron chi connectivity index (χ3n) is 6.24. The van der Waals surface area contributed by atoms with Gasteiger partial charge in [-0.15, -0.1) is 0 Å². The van der Waals surface area contributed by atoms with Gasteiger partial charge in [0.15, 0.2) is 0 Å². The molecule has 1 N–H and O–H groups in total. The molecule has 1 aliphatic rings. The molecule has 0 bridgehead atoms. The number of rotatable bonds is 6. The molecule has 0 spiro atoms. The lowest BCUT2D eigenvalue weighted by Gasteiger charge is -2.26. The Balaban J connectivity index is 1.28. The Hall–Kier alpha value is -3.11. The number of hydrogen-bond donors (Lipinski definition) is 1. The molecule has 0 saturated carbocycles. The van der Waals surface area contributed by atoms with Crippen LogP contribution in [-0.4, -0.2) is 15.7 Å². The van der Waals surface area contributed by atoms with E-state index in [1.54, 1.807) is 0 Å². The topological polar surface area (TPSA) is 46.9 Å². The first-order valence-electron chi connectivity index (χ1n) is 11.3. The maximum Gasteiger partial charge on any atom is 0.220 e. The van der Waals surface area contributed by atoms with Crippen molar-refractivity contribution < 1.29 is 4.79 Å². The van der Waals surface area contributed by atoms with Crippen LogP contribution in [0.25, 0.3) is 22.2 Å². The highest BCUT2D eigenvalue weighted by molar-refractivity contribution is 6.31. The van der Waals surface area contributed by atoms with E-state index >= 15 is 0 Å². The lowest BCUT2D eigenvalue weighted by Crippen LogP contribution is -2.30. The van der Waals surface area contributed by atoms with E-state index in [1.807, 2.05) is 41.1 Å². The monoisotopic (exact) mass is 443 g/mol. The van der Waals surface area contributed by atoms with Crippen LogP contribution in [0.15, 0.2) is 72.8 Å². The van der Waals surface area contributed by atoms with Crippen molar-refractivity contribution in [3.8, 4) is 11.3 Å². The van der Waals surface area contributed by atoms with Crippen LogP contribution in [0.3, 0.4) is 0 Å². The van der Waals surface area contributed by atoms with Crippen molar-refractivity contribution in [2.24, 2.45) is 0 Å². The SMILES string of the molecule is O=C(CCCn1nc(-c2ccccc2)c2cc(Cl)ccc21)N[C@@H]1CCCc2ccccc21. The number of carbonyl (C=O) groups excluding carboxylic acids is 1. The summed E-state index contributed by atoms with van der Waals surface area (Å²) in [7, 11) is 0. The molecular weight excluding hydrogens is 418 g/mol. The Kier molecular flexibility index (Phi) is 5.95. The molecule has 1 heterocycles. The van der Waals surface area contributed by atoms with Gasteiger partial charge in [0.05, 0.1) is 11.6 Å². The van der Waals surface area contributed by atoms with Crippen molar-refractivity contribution in [3.63, 3.8) is 0 Å². The van der Waals surface area contributed by atoms with Gasteiger partial charge in [-0.25, -0.2) is 0 Å². The molecular formula is C27H26ClN3O. The van der Waals surface area contributed by atoms with Crippen LogP contribution < -0.4 is 5.32 Å². The summed E-state index contributed by atoms with van der Waals surface area (Å²) in [6.45, 7) is 0.680. The number of aromatic nitrogens is 2. The fraction of sp³-hybridized carbons (Fsp3) is 0.259. The minimum Gasteiger partial charge on any atom is -0.349 e. The highest BCUT2D eigenvalue weighted by Crippen LogP contribution is 2.31. The lowest BCUT2D eigenvalue weighted by molar-refractivity contribution is -0.122. The molecule has 1 atom stereocenters. The van der Waals surface area contributed by atoms with Gasteiger partial charge in [-0.2, -0.15) is 5.10 Å². The first kappa shape index (κ1) is 20.8. The van der Waals surface area contributed by atoms with Crippen LogP contribution in [-0.2, 0) is 17.8 Å². The van der Waals surface area contributed by atoms with Crippen LogP contribution in [0.1, 0.15) is 42.9 Å². The zero-order chi connectivity index (χ0) is 21.9. The molecule has 0 fully saturated rings. The quantitative estimate of drug-likeness (QED) is 0.378. The molecule has 5 heteroatoms. The number of aryl methyl sites for hydroxylation is 2. The zero-order valence-corrected chi connectivity index (χ0v) is 18.7. The molecule has 3 aromatic carbocycles. The van der Waals surface area contributed by atoms with Gasteiger partial charge in [-0.1, -0.05) is 66.2 Å². The predicted octanol–water partition coefficient (Wildman–Crippen LogP) is 6.33.